The molecule has 0 unspecified atom stereocenters. The Hall–Kier alpha value is -0.680. The zero-order chi connectivity index (χ0) is 13.9. The molecule has 0 bridgehead atoms. The van der Waals surface area contributed by atoms with Crippen LogP contribution in [0.4, 0.5) is 0 Å². The van der Waals surface area contributed by atoms with Gasteiger partial charge >= 0.3 is 0 Å². The number of nitrogens with two attached hydrogens (primary N) is 1. The standard InChI is InChI=1S/C14H24N2O2S/c1-2-3-13(4-5-13)10-16-12(17)14(11(15)19)6-8-18-9-7-14/h2-10H2,1H3,(H2,15,19)(H,16,17). The summed E-state index contributed by atoms with van der Waals surface area (Å²) in [5.41, 5.74) is 5.50. The Morgan fingerprint density at radius 2 is 1.95 bits per heavy atom. The van der Waals surface area contributed by atoms with Gasteiger partial charge < -0.3 is 15.8 Å². The van der Waals surface area contributed by atoms with E-state index < -0.39 is 5.41 Å². The van der Waals surface area contributed by atoms with E-state index in [4.69, 9.17) is 22.7 Å². The molecule has 19 heavy (non-hydrogen) atoms. The van der Waals surface area contributed by atoms with Gasteiger partial charge in [0.1, 0.15) is 5.41 Å². The molecule has 1 saturated carbocycles. The van der Waals surface area contributed by atoms with Crippen molar-refractivity contribution in [1.82, 2.24) is 5.32 Å². The average Bonchev–Trinajstić information content (AvgIpc) is 3.17. The van der Waals surface area contributed by atoms with Crippen molar-refractivity contribution in [2.45, 2.75) is 45.4 Å². The van der Waals surface area contributed by atoms with Crippen molar-refractivity contribution in [3.63, 3.8) is 0 Å². The van der Waals surface area contributed by atoms with Gasteiger partial charge in [0, 0.05) is 19.8 Å². The van der Waals surface area contributed by atoms with Crippen LogP contribution in [-0.4, -0.2) is 30.7 Å². The fraction of sp³-hybridized carbons (Fsp3) is 0.857. The number of rotatable bonds is 6. The molecule has 0 radical (unpaired) electrons. The maximum atomic E-state index is 12.5. The summed E-state index contributed by atoms with van der Waals surface area (Å²) in [4.78, 5) is 12.8. The molecule has 2 fully saturated rings. The lowest BCUT2D eigenvalue weighted by atomic mass is 9.79. The normalized spacial score (nSPS) is 23.6. The van der Waals surface area contributed by atoms with Crippen LogP contribution in [0.3, 0.4) is 0 Å². The van der Waals surface area contributed by atoms with Crippen LogP contribution in [0.5, 0.6) is 0 Å². The van der Waals surface area contributed by atoms with Gasteiger partial charge in [0.05, 0.1) is 4.99 Å². The molecule has 4 nitrogen and oxygen atoms in total. The Bertz CT molecular complexity index is 360. The number of carbonyl (C=O) groups is 1. The molecule has 1 aliphatic heterocycles. The van der Waals surface area contributed by atoms with E-state index in [2.05, 4.69) is 12.2 Å². The van der Waals surface area contributed by atoms with Crippen molar-refractivity contribution in [1.29, 1.82) is 0 Å². The van der Waals surface area contributed by atoms with E-state index >= 15 is 0 Å². The number of amides is 1. The van der Waals surface area contributed by atoms with Crippen LogP contribution in [0, 0.1) is 10.8 Å². The van der Waals surface area contributed by atoms with E-state index in [1.54, 1.807) is 0 Å². The van der Waals surface area contributed by atoms with E-state index in [1.165, 1.54) is 25.7 Å². The molecule has 0 aromatic carbocycles. The summed E-state index contributed by atoms with van der Waals surface area (Å²) in [7, 11) is 0. The molecular weight excluding hydrogens is 260 g/mol. The van der Waals surface area contributed by atoms with E-state index in [-0.39, 0.29) is 5.91 Å². The van der Waals surface area contributed by atoms with Crippen molar-refractivity contribution >= 4 is 23.1 Å². The Labute approximate surface area is 120 Å². The molecule has 0 aromatic rings. The molecule has 5 heteroatoms. The molecule has 1 amide bonds. The van der Waals surface area contributed by atoms with Crippen molar-refractivity contribution < 1.29 is 9.53 Å². The van der Waals surface area contributed by atoms with Gasteiger partial charge in [-0.15, -0.1) is 0 Å². The monoisotopic (exact) mass is 284 g/mol. The van der Waals surface area contributed by atoms with Crippen molar-refractivity contribution in [3.8, 4) is 0 Å². The van der Waals surface area contributed by atoms with E-state index in [1.807, 2.05) is 0 Å². The van der Waals surface area contributed by atoms with Gasteiger partial charge in [0.25, 0.3) is 0 Å². The molecule has 1 heterocycles. The lowest BCUT2D eigenvalue weighted by Gasteiger charge is -2.35. The topological polar surface area (TPSA) is 64.4 Å². The van der Waals surface area contributed by atoms with Crippen LogP contribution in [0.1, 0.15) is 45.4 Å². The predicted molar refractivity (Wildman–Crippen MR) is 78.9 cm³/mol. The molecule has 108 valence electrons. The number of nitrogens with one attached hydrogen (secondary N) is 1. The number of ether oxygens (including phenoxy) is 1. The molecule has 0 spiro atoms. The minimum atomic E-state index is -0.685. The highest BCUT2D eigenvalue weighted by atomic mass is 32.1. The van der Waals surface area contributed by atoms with E-state index in [0.29, 0.717) is 36.5 Å². The van der Waals surface area contributed by atoms with Crippen molar-refractivity contribution in [3.05, 3.63) is 0 Å². The molecule has 0 atom stereocenters. The van der Waals surface area contributed by atoms with E-state index in [9.17, 15) is 4.79 Å². The van der Waals surface area contributed by atoms with Gasteiger partial charge in [-0.05, 0) is 37.5 Å². The van der Waals surface area contributed by atoms with Crippen LogP contribution < -0.4 is 11.1 Å². The van der Waals surface area contributed by atoms with Crippen molar-refractivity contribution in [2.75, 3.05) is 19.8 Å². The predicted octanol–water partition coefficient (Wildman–Crippen LogP) is 1.77. The minimum absolute atomic E-state index is 0.00526. The molecule has 2 aliphatic rings. The zero-order valence-electron chi connectivity index (χ0n) is 11.7. The third kappa shape index (κ3) is 3.08. The van der Waals surface area contributed by atoms with E-state index in [0.717, 1.165) is 6.54 Å². The molecule has 1 saturated heterocycles. The Balaban J connectivity index is 1.95. The van der Waals surface area contributed by atoms with Crippen LogP contribution in [0.15, 0.2) is 0 Å². The maximum absolute atomic E-state index is 12.5. The Morgan fingerprint density at radius 1 is 1.32 bits per heavy atom. The highest BCUT2D eigenvalue weighted by molar-refractivity contribution is 7.80. The van der Waals surface area contributed by atoms with Gasteiger partial charge in [-0.2, -0.15) is 0 Å². The second-order valence-corrected chi connectivity index (χ2v) is 6.43. The summed E-state index contributed by atoms with van der Waals surface area (Å²) in [6.07, 6.45) is 6.03. The second kappa shape index (κ2) is 5.75. The molecule has 3 N–H and O–H groups in total. The Kier molecular flexibility index (Phi) is 4.46. The van der Waals surface area contributed by atoms with Gasteiger partial charge in [-0.3, -0.25) is 4.79 Å². The lowest BCUT2D eigenvalue weighted by molar-refractivity contribution is -0.131. The van der Waals surface area contributed by atoms with Crippen LogP contribution in [0.2, 0.25) is 0 Å². The summed E-state index contributed by atoms with van der Waals surface area (Å²) in [5.74, 6) is 0.00526. The van der Waals surface area contributed by atoms with Gasteiger partial charge in [-0.1, -0.05) is 25.6 Å². The highest BCUT2D eigenvalue weighted by Gasteiger charge is 2.46. The fourth-order valence-electron chi connectivity index (χ4n) is 2.96. The SMILES string of the molecule is CCCC1(CNC(=O)C2(C(N)=S)CCOCC2)CC1. The minimum Gasteiger partial charge on any atom is -0.392 e. The fourth-order valence-corrected chi connectivity index (χ4v) is 3.26. The molecule has 1 aliphatic carbocycles. The quantitative estimate of drug-likeness (QED) is 0.730. The molecule has 0 aromatic heterocycles. The molecule has 2 rings (SSSR count). The number of thiocarbonyl (C=S) groups is 1. The number of hydrogen-bond acceptors (Lipinski definition) is 3. The first-order valence-corrected chi connectivity index (χ1v) is 7.61. The lowest BCUT2D eigenvalue weighted by Crippen LogP contribution is -2.52. The van der Waals surface area contributed by atoms with Crippen LogP contribution >= 0.6 is 12.2 Å². The summed E-state index contributed by atoms with van der Waals surface area (Å²) in [5, 5.41) is 3.10. The highest BCUT2D eigenvalue weighted by Crippen LogP contribution is 2.49. The van der Waals surface area contributed by atoms with Crippen LogP contribution in [0.25, 0.3) is 0 Å². The first kappa shape index (κ1) is 14.7. The summed E-state index contributed by atoms with van der Waals surface area (Å²) in [6, 6.07) is 0. The van der Waals surface area contributed by atoms with Crippen molar-refractivity contribution in [2.24, 2.45) is 16.6 Å². The Morgan fingerprint density at radius 3 is 2.42 bits per heavy atom. The smallest absolute Gasteiger partial charge is 0.233 e. The maximum Gasteiger partial charge on any atom is 0.233 e. The number of hydrogen-bond donors (Lipinski definition) is 2. The average molecular weight is 284 g/mol. The van der Waals surface area contributed by atoms with Gasteiger partial charge in [0.15, 0.2) is 0 Å². The third-order valence-corrected chi connectivity index (χ3v) is 5.00. The summed E-state index contributed by atoms with van der Waals surface area (Å²) in [6.45, 7) is 4.08. The third-order valence-electron chi connectivity index (χ3n) is 4.61. The van der Waals surface area contributed by atoms with Crippen LogP contribution in [-0.2, 0) is 9.53 Å². The molecular formula is C14H24N2O2S. The largest absolute Gasteiger partial charge is 0.392 e. The van der Waals surface area contributed by atoms with Gasteiger partial charge in [-0.25, -0.2) is 0 Å². The first-order valence-electron chi connectivity index (χ1n) is 7.21. The first-order chi connectivity index (χ1) is 9.05. The number of carbonyl (C=O) groups excluding carboxylic acids is 1. The van der Waals surface area contributed by atoms with Gasteiger partial charge in [0.2, 0.25) is 5.91 Å². The summed E-state index contributed by atoms with van der Waals surface area (Å²) >= 11 is 5.14. The summed E-state index contributed by atoms with van der Waals surface area (Å²) < 4.78 is 5.33. The second-order valence-electron chi connectivity index (χ2n) is 5.99. The zero-order valence-corrected chi connectivity index (χ0v) is 12.5.